The Morgan fingerprint density at radius 1 is 1.43 bits per heavy atom. The van der Waals surface area contributed by atoms with Crippen LogP contribution in [-0.2, 0) is 0 Å². The first kappa shape index (κ1) is 8.44. The number of halogens is 3. The van der Waals surface area contributed by atoms with E-state index in [0.717, 1.165) is 5.33 Å². The van der Waals surface area contributed by atoms with Gasteiger partial charge in [0.15, 0.2) is 0 Å². The van der Waals surface area contributed by atoms with Crippen molar-refractivity contribution in [3.63, 3.8) is 0 Å². The van der Waals surface area contributed by atoms with E-state index >= 15 is 0 Å². The summed E-state index contributed by atoms with van der Waals surface area (Å²) in [5.41, 5.74) is 0. The zero-order valence-electron chi connectivity index (χ0n) is 4.00. The van der Waals surface area contributed by atoms with Gasteiger partial charge in [-0.05, 0) is 0 Å². The van der Waals surface area contributed by atoms with Crippen molar-refractivity contribution in [1.82, 2.24) is 0 Å². The highest BCUT2D eigenvalue weighted by Crippen LogP contribution is 2.14. The fourth-order valence-electron chi connectivity index (χ4n) is 0.123. The summed E-state index contributed by atoms with van der Waals surface area (Å²) in [6.45, 7) is 2.11. The summed E-state index contributed by atoms with van der Waals surface area (Å²) in [4.78, 5) is 1.10. The molecular formula is C4H7Br3. The van der Waals surface area contributed by atoms with Crippen LogP contribution >= 0.6 is 47.8 Å². The molecule has 0 rings (SSSR count). The Kier molecular flexibility index (Phi) is 5.22. The topological polar surface area (TPSA) is 0 Å². The second-order valence-corrected chi connectivity index (χ2v) is 4.62. The summed E-state index contributed by atoms with van der Waals surface area (Å²) < 4.78 is 0. The van der Waals surface area contributed by atoms with E-state index in [1.165, 1.54) is 0 Å². The van der Waals surface area contributed by atoms with Crippen molar-refractivity contribution in [1.29, 1.82) is 0 Å². The summed E-state index contributed by atoms with van der Waals surface area (Å²) >= 11 is 10.2. The molecule has 0 amide bonds. The van der Waals surface area contributed by atoms with Gasteiger partial charge in [0.2, 0.25) is 0 Å². The first-order valence-corrected chi connectivity index (χ1v) is 4.98. The van der Waals surface area contributed by atoms with Crippen LogP contribution in [0.25, 0.3) is 0 Å². The molecule has 0 spiro atoms. The molecule has 0 saturated heterocycles. The van der Waals surface area contributed by atoms with E-state index < -0.39 is 0 Å². The van der Waals surface area contributed by atoms with Gasteiger partial charge in [-0.15, -0.1) is 0 Å². The normalized spacial score (nSPS) is 18.9. The van der Waals surface area contributed by atoms with Crippen molar-refractivity contribution in [2.45, 2.75) is 16.6 Å². The molecule has 0 aromatic carbocycles. The van der Waals surface area contributed by atoms with Crippen molar-refractivity contribution >= 4 is 47.8 Å². The number of alkyl halides is 3. The first-order chi connectivity index (χ1) is 3.18. The molecule has 0 unspecified atom stereocenters. The van der Waals surface area contributed by atoms with Gasteiger partial charge in [-0.1, -0.05) is 54.7 Å². The van der Waals surface area contributed by atoms with Gasteiger partial charge in [0.05, 0.1) is 0 Å². The molecule has 0 saturated carbocycles. The van der Waals surface area contributed by atoms with E-state index in [9.17, 15) is 0 Å². The van der Waals surface area contributed by atoms with Crippen LogP contribution in [0.15, 0.2) is 0 Å². The number of hydrogen-bond donors (Lipinski definition) is 0. The van der Waals surface area contributed by atoms with Gasteiger partial charge in [0.25, 0.3) is 0 Å². The first-order valence-electron chi connectivity index (χ1n) is 2.02. The minimum atomic E-state index is 0.548. The summed E-state index contributed by atoms with van der Waals surface area (Å²) in [7, 11) is 0. The van der Waals surface area contributed by atoms with Crippen molar-refractivity contribution in [2.24, 2.45) is 0 Å². The molecule has 0 radical (unpaired) electrons. The van der Waals surface area contributed by atoms with Crippen LogP contribution < -0.4 is 0 Å². The standard InChI is InChI=1S/C4H7Br3/c1-3(6)4(7)2-5/h3-4H,2H2,1H3/t3-,4-/m0/s1. The fourth-order valence-corrected chi connectivity index (χ4v) is 1.37. The van der Waals surface area contributed by atoms with Crippen LogP contribution in [-0.4, -0.2) is 15.0 Å². The summed E-state index contributed by atoms with van der Waals surface area (Å²) in [6, 6.07) is 0. The quantitative estimate of drug-likeness (QED) is 0.687. The lowest BCUT2D eigenvalue weighted by atomic mass is 10.4. The largest absolute Gasteiger partial charge is 0.0916 e. The highest BCUT2D eigenvalue weighted by atomic mass is 79.9. The minimum absolute atomic E-state index is 0.548. The van der Waals surface area contributed by atoms with Crippen molar-refractivity contribution < 1.29 is 0 Å². The molecular weight excluding hydrogens is 288 g/mol. The molecule has 3 heteroatoms. The SMILES string of the molecule is C[C@H](Br)[C@@H](Br)CBr. The second kappa shape index (κ2) is 4.33. The van der Waals surface area contributed by atoms with Gasteiger partial charge in [0.1, 0.15) is 0 Å². The van der Waals surface area contributed by atoms with Crippen molar-refractivity contribution in [3.8, 4) is 0 Å². The molecule has 0 heterocycles. The maximum absolute atomic E-state index is 3.45. The highest BCUT2D eigenvalue weighted by molar-refractivity contribution is 9.13. The Hall–Kier alpha value is 1.44. The van der Waals surface area contributed by atoms with E-state index in [0.29, 0.717) is 9.65 Å². The molecule has 2 atom stereocenters. The zero-order valence-corrected chi connectivity index (χ0v) is 8.75. The monoisotopic (exact) mass is 292 g/mol. The summed E-state index contributed by atoms with van der Waals surface area (Å²) in [5, 5.41) is 0.999. The van der Waals surface area contributed by atoms with Crippen molar-refractivity contribution in [2.75, 3.05) is 5.33 Å². The molecule has 0 aromatic rings. The molecule has 7 heavy (non-hydrogen) atoms. The van der Waals surface area contributed by atoms with Gasteiger partial charge in [-0.3, -0.25) is 0 Å². The van der Waals surface area contributed by atoms with Crippen LogP contribution in [0.3, 0.4) is 0 Å². The van der Waals surface area contributed by atoms with Crippen LogP contribution in [0.1, 0.15) is 6.92 Å². The average molecular weight is 295 g/mol. The van der Waals surface area contributed by atoms with Crippen LogP contribution in [0, 0.1) is 0 Å². The van der Waals surface area contributed by atoms with Crippen LogP contribution in [0.4, 0.5) is 0 Å². The molecule has 0 N–H and O–H groups in total. The zero-order chi connectivity index (χ0) is 5.86. The molecule has 0 aromatic heterocycles. The average Bonchev–Trinajstić information content (AvgIpc) is 1.65. The molecule has 44 valence electrons. The predicted molar refractivity (Wildman–Crippen MR) is 44.9 cm³/mol. The maximum atomic E-state index is 3.45. The number of hydrogen-bond acceptors (Lipinski definition) is 0. The van der Waals surface area contributed by atoms with Crippen molar-refractivity contribution in [3.05, 3.63) is 0 Å². The predicted octanol–water partition coefficient (Wildman–Crippen LogP) is 2.93. The molecule has 0 aliphatic carbocycles. The second-order valence-electron chi connectivity index (χ2n) is 1.35. The molecule has 0 bridgehead atoms. The van der Waals surface area contributed by atoms with Gasteiger partial charge < -0.3 is 0 Å². The Balaban J connectivity index is 3.14. The lowest BCUT2D eigenvalue weighted by molar-refractivity contribution is 0.976. The Morgan fingerprint density at radius 3 is 1.86 bits per heavy atom. The van der Waals surface area contributed by atoms with E-state index in [4.69, 9.17) is 0 Å². The highest BCUT2D eigenvalue weighted by Gasteiger charge is 2.06. The summed E-state index contributed by atoms with van der Waals surface area (Å²) in [5.74, 6) is 0. The third-order valence-corrected chi connectivity index (χ3v) is 4.68. The minimum Gasteiger partial charge on any atom is -0.0916 e. The summed E-state index contributed by atoms with van der Waals surface area (Å²) in [6.07, 6.45) is 0. The lowest BCUT2D eigenvalue weighted by Crippen LogP contribution is -2.09. The number of rotatable bonds is 2. The van der Waals surface area contributed by atoms with E-state index in [-0.39, 0.29) is 0 Å². The Morgan fingerprint density at radius 2 is 1.86 bits per heavy atom. The Labute approximate surface area is 69.4 Å². The van der Waals surface area contributed by atoms with Crippen LogP contribution in [0.5, 0.6) is 0 Å². The Bertz CT molecular complexity index is 44.2. The fraction of sp³-hybridized carbons (Fsp3) is 1.00. The lowest BCUT2D eigenvalue weighted by Gasteiger charge is -2.05. The van der Waals surface area contributed by atoms with Gasteiger partial charge in [-0.25, -0.2) is 0 Å². The third-order valence-electron chi connectivity index (χ3n) is 0.646. The van der Waals surface area contributed by atoms with Gasteiger partial charge in [-0.2, -0.15) is 0 Å². The molecule has 0 aliphatic rings. The van der Waals surface area contributed by atoms with E-state index in [1.807, 2.05) is 0 Å². The van der Waals surface area contributed by atoms with Gasteiger partial charge in [0, 0.05) is 15.0 Å². The van der Waals surface area contributed by atoms with E-state index in [1.54, 1.807) is 0 Å². The third kappa shape index (κ3) is 3.98. The van der Waals surface area contributed by atoms with Gasteiger partial charge >= 0.3 is 0 Å². The molecule has 0 nitrogen and oxygen atoms in total. The van der Waals surface area contributed by atoms with E-state index in [2.05, 4.69) is 54.7 Å². The smallest absolute Gasteiger partial charge is 0.0365 e. The maximum Gasteiger partial charge on any atom is 0.0365 e. The van der Waals surface area contributed by atoms with Crippen LogP contribution in [0.2, 0.25) is 0 Å². The molecule has 0 aliphatic heterocycles. The molecule has 0 fully saturated rings.